The van der Waals surface area contributed by atoms with Crippen molar-refractivity contribution in [2.24, 2.45) is 5.92 Å². The number of carbonyl (C=O) groups excluding carboxylic acids is 2. The molecule has 7 heteroatoms. The molecule has 0 aliphatic carbocycles. The van der Waals surface area contributed by atoms with Crippen molar-refractivity contribution in [3.05, 3.63) is 35.9 Å². The topological polar surface area (TPSA) is 85.5 Å². The molecule has 4 atom stereocenters. The van der Waals surface area contributed by atoms with Gasteiger partial charge in [0.25, 0.3) is 0 Å². The molecule has 3 fully saturated rings. The van der Waals surface area contributed by atoms with Crippen LogP contribution in [0.2, 0.25) is 0 Å². The number of piperidine rings is 1. The third-order valence-corrected chi connectivity index (χ3v) is 6.30. The van der Waals surface area contributed by atoms with E-state index in [0.29, 0.717) is 24.3 Å². The van der Waals surface area contributed by atoms with E-state index in [4.69, 9.17) is 0 Å². The lowest BCUT2D eigenvalue weighted by atomic mass is 9.80. The van der Waals surface area contributed by atoms with Crippen LogP contribution >= 0.6 is 0 Å². The highest BCUT2D eigenvalue weighted by Crippen LogP contribution is 2.32. The third kappa shape index (κ3) is 3.91. The standard InChI is InChI=1S/C20H29N5O2/c1-13(26)17-11-18(23-22-17)20(27)25-9-7-15(8-10-25)19-16(12-21-24-19)14-5-3-2-4-6-14/h2-6,15-19,21-24H,7-12H2,1H3. The van der Waals surface area contributed by atoms with Crippen LogP contribution in [0.3, 0.4) is 0 Å². The Labute approximate surface area is 160 Å². The van der Waals surface area contributed by atoms with Crippen molar-refractivity contribution < 1.29 is 9.59 Å². The number of benzene rings is 1. The van der Waals surface area contributed by atoms with Crippen molar-refractivity contribution in [2.75, 3.05) is 19.6 Å². The number of likely N-dealkylation sites (tertiary alicyclic amines) is 1. The Morgan fingerprint density at radius 2 is 1.70 bits per heavy atom. The Kier molecular flexibility index (Phi) is 5.54. The van der Waals surface area contributed by atoms with Crippen LogP contribution < -0.4 is 21.7 Å². The van der Waals surface area contributed by atoms with Crippen LogP contribution in [0, 0.1) is 5.92 Å². The number of hydrazine groups is 2. The molecule has 4 rings (SSSR count). The summed E-state index contributed by atoms with van der Waals surface area (Å²) in [6.07, 6.45) is 2.55. The van der Waals surface area contributed by atoms with Gasteiger partial charge < -0.3 is 4.90 Å². The van der Waals surface area contributed by atoms with Crippen LogP contribution in [0.25, 0.3) is 0 Å². The summed E-state index contributed by atoms with van der Waals surface area (Å²) in [6.45, 7) is 4.07. The van der Waals surface area contributed by atoms with E-state index in [9.17, 15) is 9.59 Å². The average Bonchev–Trinajstić information content (AvgIpc) is 3.38. The molecule has 3 aliphatic rings. The summed E-state index contributed by atoms with van der Waals surface area (Å²) >= 11 is 0. The molecule has 1 amide bonds. The minimum atomic E-state index is -0.293. The first-order chi connectivity index (χ1) is 13.1. The molecule has 0 spiro atoms. The molecule has 1 aromatic carbocycles. The first-order valence-corrected chi connectivity index (χ1v) is 9.97. The summed E-state index contributed by atoms with van der Waals surface area (Å²) in [7, 11) is 0. The van der Waals surface area contributed by atoms with Crippen molar-refractivity contribution in [2.45, 2.75) is 50.2 Å². The highest BCUT2D eigenvalue weighted by Gasteiger charge is 2.39. The number of Topliss-reactive ketones (excluding diaryl/α,β-unsaturated/α-hetero) is 1. The van der Waals surface area contributed by atoms with Gasteiger partial charge in [0, 0.05) is 31.6 Å². The van der Waals surface area contributed by atoms with Gasteiger partial charge >= 0.3 is 0 Å². The summed E-state index contributed by atoms with van der Waals surface area (Å²) in [5, 5.41) is 0. The molecule has 27 heavy (non-hydrogen) atoms. The lowest BCUT2D eigenvalue weighted by Crippen LogP contribution is -2.50. The van der Waals surface area contributed by atoms with Gasteiger partial charge in [-0.3, -0.25) is 20.4 Å². The van der Waals surface area contributed by atoms with Gasteiger partial charge in [-0.15, -0.1) is 0 Å². The molecular formula is C20H29N5O2. The van der Waals surface area contributed by atoms with E-state index in [1.807, 2.05) is 4.90 Å². The van der Waals surface area contributed by atoms with E-state index in [-0.39, 0.29) is 23.8 Å². The molecule has 1 aromatic rings. The predicted octanol–water partition coefficient (Wildman–Crippen LogP) is 0.309. The minimum Gasteiger partial charge on any atom is -0.341 e. The molecule has 0 radical (unpaired) electrons. The quantitative estimate of drug-likeness (QED) is 0.610. The number of hydrogen-bond donors (Lipinski definition) is 4. The van der Waals surface area contributed by atoms with E-state index < -0.39 is 0 Å². The molecule has 4 unspecified atom stereocenters. The third-order valence-electron chi connectivity index (χ3n) is 6.30. The van der Waals surface area contributed by atoms with Crippen molar-refractivity contribution in [3.63, 3.8) is 0 Å². The lowest BCUT2D eigenvalue weighted by Gasteiger charge is -2.37. The average molecular weight is 371 g/mol. The zero-order valence-corrected chi connectivity index (χ0v) is 15.8. The van der Waals surface area contributed by atoms with E-state index in [1.54, 1.807) is 6.92 Å². The molecule has 3 heterocycles. The largest absolute Gasteiger partial charge is 0.341 e. The van der Waals surface area contributed by atoms with Gasteiger partial charge in [-0.1, -0.05) is 30.3 Å². The van der Waals surface area contributed by atoms with Gasteiger partial charge in [0.1, 0.15) is 11.8 Å². The second-order valence-electron chi connectivity index (χ2n) is 7.97. The zero-order valence-electron chi connectivity index (χ0n) is 15.8. The summed E-state index contributed by atoms with van der Waals surface area (Å²) in [5.74, 6) is 1.20. The maximum absolute atomic E-state index is 12.8. The number of ketones is 1. The number of nitrogens with one attached hydrogen (secondary N) is 4. The number of hydrogen-bond acceptors (Lipinski definition) is 6. The van der Waals surface area contributed by atoms with Gasteiger partial charge in [0.15, 0.2) is 0 Å². The Hall–Kier alpha value is -1.80. The molecule has 0 bridgehead atoms. The smallest absolute Gasteiger partial charge is 0.241 e. The van der Waals surface area contributed by atoms with Crippen molar-refractivity contribution in [1.82, 2.24) is 26.6 Å². The first kappa shape index (κ1) is 18.6. The Morgan fingerprint density at radius 3 is 2.37 bits per heavy atom. The van der Waals surface area contributed by atoms with Crippen LogP contribution in [0.4, 0.5) is 0 Å². The summed E-state index contributed by atoms with van der Waals surface area (Å²) in [4.78, 5) is 26.2. The van der Waals surface area contributed by atoms with Crippen LogP contribution in [0.5, 0.6) is 0 Å². The number of rotatable bonds is 4. The maximum atomic E-state index is 12.8. The molecule has 4 N–H and O–H groups in total. The van der Waals surface area contributed by atoms with Gasteiger partial charge in [-0.05, 0) is 37.7 Å². The summed E-state index contributed by atoms with van der Waals surface area (Å²) in [6, 6.07) is 10.5. The van der Waals surface area contributed by atoms with Gasteiger partial charge in [-0.25, -0.2) is 10.9 Å². The van der Waals surface area contributed by atoms with Crippen molar-refractivity contribution in [1.29, 1.82) is 0 Å². The van der Waals surface area contributed by atoms with E-state index in [0.717, 1.165) is 32.5 Å². The SMILES string of the molecule is CC(=O)C1CC(C(=O)N2CCC(C3NNCC3c3ccccc3)CC2)NN1. The molecule has 0 aromatic heterocycles. The maximum Gasteiger partial charge on any atom is 0.241 e. The van der Waals surface area contributed by atoms with Gasteiger partial charge in [-0.2, -0.15) is 0 Å². The van der Waals surface area contributed by atoms with E-state index in [1.165, 1.54) is 5.56 Å². The van der Waals surface area contributed by atoms with Gasteiger partial charge in [0.2, 0.25) is 5.91 Å². The molecule has 7 nitrogen and oxygen atoms in total. The fourth-order valence-electron chi connectivity index (χ4n) is 4.67. The number of nitrogens with zero attached hydrogens (tertiary/aromatic N) is 1. The predicted molar refractivity (Wildman–Crippen MR) is 103 cm³/mol. The molecule has 146 valence electrons. The molecule has 3 aliphatic heterocycles. The number of carbonyl (C=O) groups is 2. The molecule has 3 saturated heterocycles. The van der Waals surface area contributed by atoms with Crippen LogP contribution in [-0.2, 0) is 9.59 Å². The fourth-order valence-corrected chi connectivity index (χ4v) is 4.67. The number of amides is 1. The lowest BCUT2D eigenvalue weighted by molar-refractivity contribution is -0.134. The van der Waals surface area contributed by atoms with Crippen molar-refractivity contribution in [3.8, 4) is 0 Å². The second-order valence-corrected chi connectivity index (χ2v) is 7.97. The monoisotopic (exact) mass is 371 g/mol. The minimum absolute atomic E-state index is 0.0725. The van der Waals surface area contributed by atoms with Crippen LogP contribution in [-0.4, -0.2) is 54.4 Å². The van der Waals surface area contributed by atoms with Crippen molar-refractivity contribution >= 4 is 11.7 Å². The highest BCUT2D eigenvalue weighted by atomic mass is 16.2. The summed E-state index contributed by atoms with van der Waals surface area (Å²) in [5.41, 5.74) is 14.1. The zero-order chi connectivity index (χ0) is 18.8. The fraction of sp³-hybridized carbons (Fsp3) is 0.600. The van der Waals surface area contributed by atoms with Gasteiger partial charge in [0.05, 0.1) is 6.04 Å². The van der Waals surface area contributed by atoms with Crippen LogP contribution in [0.1, 0.15) is 37.7 Å². The molecular weight excluding hydrogens is 342 g/mol. The Morgan fingerprint density at radius 1 is 1.00 bits per heavy atom. The normalized spacial score (nSPS) is 32.0. The second kappa shape index (κ2) is 8.06. The summed E-state index contributed by atoms with van der Waals surface area (Å²) < 4.78 is 0. The van der Waals surface area contributed by atoms with E-state index in [2.05, 4.69) is 52.0 Å². The molecule has 0 saturated carbocycles. The highest BCUT2D eigenvalue weighted by molar-refractivity contribution is 5.86. The Bertz CT molecular complexity index is 674. The van der Waals surface area contributed by atoms with E-state index >= 15 is 0 Å². The Balaban J connectivity index is 1.32. The van der Waals surface area contributed by atoms with Crippen LogP contribution in [0.15, 0.2) is 30.3 Å². The first-order valence-electron chi connectivity index (χ1n) is 9.97.